The predicted octanol–water partition coefficient (Wildman–Crippen LogP) is 2.41. The van der Waals surface area contributed by atoms with Gasteiger partial charge in [0.2, 0.25) is 5.65 Å². The van der Waals surface area contributed by atoms with Crippen LogP contribution < -0.4 is 5.32 Å². The van der Waals surface area contributed by atoms with E-state index in [2.05, 4.69) is 38.9 Å². The van der Waals surface area contributed by atoms with Crippen molar-refractivity contribution >= 4 is 22.8 Å². The highest BCUT2D eigenvalue weighted by Gasteiger charge is 2.08. The van der Waals surface area contributed by atoms with Gasteiger partial charge in [0.05, 0.1) is 6.54 Å². The molecule has 0 atom stereocenters. The van der Waals surface area contributed by atoms with E-state index in [0.29, 0.717) is 0 Å². The minimum atomic E-state index is 0.766. The summed E-state index contributed by atoms with van der Waals surface area (Å²) in [6, 6.07) is 2.12. The Balaban J connectivity index is 1.89. The molecule has 1 N–H and O–H groups in total. The average molecular weight is 259 g/mol. The second-order valence-corrected chi connectivity index (χ2v) is 5.10. The van der Waals surface area contributed by atoms with Crippen molar-refractivity contribution in [2.75, 3.05) is 5.32 Å². The molecule has 6 heteroatoms. The van der Waals surface area contributed by atoms with Gasteiger partial charge < -0.3 is 5.32 Å². The monoisotopic (exact) mass is 259 g/mol. The first-order valence-electron chi connectivity index (χ1n) is 5.69. The predicted molar refractivity (Wildman–Crippen MR) is 71.9 cm³/mol. The number of anilines is 1. The first kappa shape index (κ1) is 11.2. The first-order valence-corrected chi connectivity index (χ1v) is 6.57. The lowest BCUT2D eigenvalue weighted by molar-refractivity contribution is 1.00. The molecule has 0 fully saturated rings. The Hall–Kier alpha value is -1.95. The highest BCUT2D eigenvalue weighted by Crippen LogP contribution is 2.18. The van der Waals surface area contributed by atoms with Gasteiger partial charge in [-0.25, -0.2) is 4.98 Å². The summed E-state index contributed by atoms with van der Waals surface area (Å²) in [5, 5.41) is 13.6. The summed E-state index contributed by atoms with van der Waals surface area (Å²) in [5.74, 6) is 1.63. The molecule has 0 saturated carbocycles. The molecule has 92 valence electrons. The highest BCUT2D eigenvalue weighted by molar-refractivity contribution is 7.10. The second kappa shape index (κ2) is 4.38. The van der Waals surface area contributed by atoms with Crippen molar-refractivity contribution < 1.29 is 0 Å². The van der Waals surface area contributed by atoms with Gasteiger partial charge in [-0.05, 0) is 30.9 Å². The fraction of sp³-hybridized carbons (Fsp3) is 0.250. The van der Waals surface area contributed by atoms with Crippen LogP contribution >= 0.6 is 11.3 Å². The van der Waals surface area contributed by atoms with Crippen molar-refractivity contribution in [1.82, 2.24) is 19.6 Å². The van der Waals surface area contributed by atoms with Crippen LogP contribution in [0.1, 0.15) is 16.3 Å². The summed E-state index contributed by atoms with van der Waals surface area (Å²) in [5.41, 5.74) is 2.07. The lowest BCUT2D eigenvalue weighted by Gasteiger charge is -2.05. The molecule has 0 aliphatic heterocycles. The van der Waals surface area contributed by atoms with Crippen LogP contribution in [0, 0.1) is 13.8 Å². The number of aryl methyl sites for hydroxylation is 2. The van der Waals surface area contributed by atoms with E-state index < -0.39 is 0 Å². The van der Waals surface area contributed by atoms with E-state index in [1.54, 1.807) is 17.5 Å². The van der Waals surface area contributed by atoms with Crippen LogP contribution in [-0.2, 0) is 6.54 Å². The number of nitrogens with one attached hydrogen (secondary N) is 1. The lowest BCUT2D eigenvalue weighted by Crippen LogP contribution is -2.03. The fourth-order valence-corrected chi connectivity index (χ4v) is 2.66. The Bertz CT molecular complexity index is 685. The molecule has 0 aliphatic carbocycles. The smallest absolute Gasteiger partial charge is 0.203 e. The molecule has 0 saturated heterocycles. The lowest BCUT2D eigenvalue weighted by atomic mass is 10.3. The largest absolute Gasteiger partial charge is 0.362 e. The highest BCUT2D eigenvalue weighted by atomic mass is 32.1. The van der Waals surface area contributed by atoms with Crippen molar-refractivity contribution in [1.29, 1.82) is 0 Å². The number of hydrogen-bond acceptors (Lipinski definition) is 5. The number of hydrogen-bond donors (Lipinski definition) is 1. The Morgan fingerprint density at radius 2 is 2.22 bits per heavy atom. The molecule has 3 rings (SSSR count). The van der Waals surface area contributed by atoms with E-state index in [-0.39, 0.29) is 0 Å². The zero-order valence-corrected chi connectivity index (χ0v) is 11.0. The first-order chi connectivity index (χ1) is 8.75. The van der Waals surface area contributed by atoms with Crippen molar-refractivity contribution in [3.63, 3.8) is 0 Å². The van der Waals surface area contributed by atoms with Crippen molar-refractivity contribution in [2.24, 2.45) is 0 Å². The molecule has 3 aromatic heterocycles. The van der Waals surface area contributed by atoms with E-state index >= 15 is 0 Å². The summed E-state index contributed by atoms with van der Waals surface area (Å²) in [6.07, 6.45) is 3.62. The van der Waals surface area contributed by atoms with Crippen LogP contribution in [0.15, 0.2) is 23.8 Å². The van der Waals surface area contributed by atoms with Gasteiger partial charge in [-0.1, -0.05) is 0 Å². The third-order valence-corrected chi connectivity index (χ3v) is 3.90. The third-order valence-electron chi connectivity index (χ3n) is 2.88. The molecule has 5 nitrogen and oxygen atoms in total. The fourth-order valence-electron chi connectivity index (χ4n) is 1.82. The molecule has 0 spiro atoms. The van der Waals surface area contributed by atoms with Gasteiger partial charge in [-0.3, -0.25) is 4.40 Å². The standard InChI is InChI=1S/C12H13N5S/c1-8-3-6-18-10(8)7-14-11-12-16-15-9(2)17(12)5-4-13-11/h3-6H,7H2,1-2H3,(H,13,14). The molecule has 0 aromatic carbocycles. The summed E-state index contributed by atoms with van der Waals surface area (Å²) in [6.45, 7) is 4.80. The molecule has 0 unspecified atom stereocenters. The van der Waals surface area contributed by atoms with E-state index in [1.807, 2.05) is 17.5 Å². The normalized spacial score (nSPS) is 11.0. The molecule has 0 amide bonds. The molecule has 3 heterocycles. The summed E-state index contributed by atoms with van der Waals surface area (Å²) < 4.78 is 1.93. The van der Waals surface area contributed by atoms with Crippen molar-refractivity contribution in [3.8, 4) is 0 Å². The van der Waals surface area contributed by atoms with Crippen molar-refractivity contribution in [3.05, 3.63) is 40.1 Å². The molecule has 0 radical (unpaired) electrons. The average Bonchev–Trinajstić information content (AvgIpc) is 2.95. The van der Waals surface area contributed by atoms with E-state index in [9.17, 15) is 0 Å². The molecule has 0 bridgehead atoms. The van der Waals surface area contributed by atoms with Gasteiger partial charge in [-0.2, -0.15) is 0 Å². The van der Waals surface area contributed by atoms with Crippen LogP contribution in [0.3, 0.4) is 0 Å². The van der Waals surface area contributed by atoms with Crippen LogP contribution in [0.4, 0.5) is 5.82 Å². The Morgan fingerprint density at radius 1 is 1.33 bits per heavy atom. The Labute approximate surface area is 109 Å². The summed E-state index contributed by atoms with van der Waals surface area (Å²) >= 11 is 1.75. The van der Waals surface area contributed by atoms with Crippen LogP contribution in [0.25, 0.3) is 5.65 Å². The van der Waals surface area contributed by atoms with Gasteiger partial charge >= 0.3 is 0 Å². The van der Waals surface area contributed by atoms with Crippen LogP contribution in [0.5, 0.6) is 0 Å². The molecular weight excluding hydrogens is 246 g/mol. The second-order valence-electron chi connectivity index (χ2n) is 4.10. The number of aromatic nitrogens is 4. The van der Waals surface area contributed by atoms with E-state index in [1.165, 1.54) is 10.4 Å². The zero-order valence-electron chi connectivity index (χ0n) is 10.2. The summed E-state index contributed by atoms with van der Waals surface area (Å²) in [7, 11) is 0. The SMILES string of the molecule is Cc1ccsc1CNc1nccn2c(C)nnc12. The minimum absolute atomic E-state index is 0.766. The van der Waals surface area contributed by atoms with Crippen molar-refractivity contribution in [2.45, 2.75) is 20.4 Å². The number of rotatable bonds is 3. The minimum Gasteiger partial charge on any atom is -0.362 e. The zero-order chi connectivity index (χ0) is 12.5. The maximum atomic E-state index is 4.32. The maximum absolute atomic E-state index is 4.32. The van der Waals surface area contributed by atoms with Crippen LogP contribution in [-0.4, -0.2) is 19.6 Å². The molecule has 0 aliphatic rings. The van der Waals surface area contributed by atoms with E-state index in [0.717, 1.165) is 23.8 Å². The quantitative estimate of drug-likeness (QED) is 0.784. The van der Waals surface area contributed by atoms with Gasteiger partial charge in [-0.15, -0.1) is 21.5 Å². The number of thiophene rings is 1. The van der Waals surface area contributed by atoms with Gasteiger partial charge in [0, 0.05) is 17.3 Å². The third kappa shape index (κ3) is 1.84. The molecule has 3 aromatic rings. The molecular formula is C12H13N5S. The van der Waals surface area contributed by atoms with Gasteiger partial charge in [0.1, 0.15) is 5.82 Å². The Kier molecular flexibility index (Phi) is 2.71. The number of fused-ring (bicyclic) bond motifs is 1. The Morgan fingerprint density at radius 3 is 3.00 bits per heavy atom. The summed E-state index contributed by atoms with van der Waals surface area (Å²) in [4.78, 5) is 5.63. The van der Waals surface area contributed by atoms with Gasteiger partial charge in [0.15, 0.2) is 5.82 Å². The molecule has 18 heavy (non-hydrogen) atoms. The maximum Gasteiger partial charge on any atom is 0.203 e. The number of nitrogens with zero attached hydrogens (tertiary/aromatic N) is 4. The van der Waals surface area contributed by atoms with Gasteiger partial charge in [0.25, 0.3) is 0 Å². The van der Waals surface area contributed by atoms with Crippen LogP contribution in [0.2, 0.25) is 0 Å². The van der Waals surface area contributed by atoms with E-state index in [4.69, 9.17) is 0 Å². The topological polar surface area (TPSA) is 55.1 Å².